The van der Waals surface area contributed by atoms with Crippen LogP contribution in [0.3, 0.4) is 0 Å². The van der Waals surface area contributed by atoms with Crippen molar-refractivity contribution in [1.82, 2.24) is 14.8 Å². The van der Waals surface area contributed by atoms with Crippen LogP contribution in [0.25, 0.3) is 10.9 Å². The number of aromatic nitrogens is 3. The van der Waals surface area contributed by atoms with Crippen LogP contribution in [0.15, 0.2) is 30.5 Å². The quantitative estimate of drug-likeness (QED) is 0.718. The first-order valence-corrected chi connectivity index (χ1v) is 9.23. The van der Waals surface area contributed by atoms with E-state index in [1.165, 1.54) is 25.7 Å². The van der Waals surface area contributed by atoms with Crippen LogP contribution in [0.4, 0.5) is 14.5 Å². The minimum atomic E-state index is -1.01. The lowest BCUT2D eigenvalue weighted by Crippen LogP contribution is -2.16. The third kappa shape index (κ3) is 3.67. The number of hydrogen-bond donors (Lipinski definition) is 1. The standard InChI is InChI=1S/C20H20F2N4O2/c1-26-17-9-14(24-19(27)18-16(22)8-13(21)10-23-18)6-7-15(17)20(25-26)28-11-12-4-2-3-5-12/h6-10,12H,2-5,11H2,1H3,(H,24,27). The van der Waals surface area contributed by atoms with Crippen molar-refractivity contribution >= 4 is 22.5 Å². The number of rotatable bonds is 5. The highest BCUT2D eigenvalue weighted by molar-refractivity contribution is 6.04. The molecule has 0 bridgehead atoms. The predicted molar refractivity (Wildman–Crippen MR) is 100 cm³/mol. The Balaban J connectivity index is 1.52. The van der Waals surface area contributed by atoms with Gasteiger partial charge in [0.2, 0.25) is 5.88 Å². The number of carbonyl (C=O) groups excluding carboxylic acids is 1. The summed E-state index contributed by atoms with van der Waals surface area (Å²) in [6, 6.07) is 5.84. The Hall–Kier alpha value is -3.03. The fourth-order valence-electron chi connectivity index (χ4n) is 3.55. The van der Waals surface area contributed by atoms with E-state index in [-0.39, 0.29) is 0 Å². The molecule has 0 radical (unpaired) electrons. The van der Waals surface area contributed by atoms with Gasteiger partial charge in [-0.25, -0.2) is 13.8 Å². The van der Waals surface area contributed by atoms with E-state index in [9.17, 15) is 13.6 Å². The van der Waals surface area contributed by atoms with E-state index in [1.54, 1.807) is 29.9 Å². The molecule has 0 unspecified atom stereocenters. The highest BCUT2D eigenvalue weighted by Gasteiger charge is 2.19. The molecule has 2 aromatic heterocycles. The van der Waals surface area contributed by atoms with E-state index in [1.807, 2.05) is 0 Å². The second kappa shape index (κ2) is 7.53. The van der Waals surface area contributed by atoms with Gasteiger partial charge in [-0.2, -0.15) is 0 Å². The largest absolute Gasteiger partial charge is 0.476 e. The Morgan fingerprint density at radius 3 is 2.82 bits per heavy atom. The molecule has 1 amide bonds. The van der Waals surface area contributed by atoms with Gasteiger partial charge in [-0.3, -0.25) is 9.48 Å². The van der Waals surface area contributed by atoms with Gasteiger partial charge in [-0.05, 0) is 37.0 Å². The van der Waals surface area contributed by atoms with Crippen molar-refractivity contribution in [2.45, 2.75) is 25.7 Å². The number of halogens is 2. The van der Waals surface area contributed by atoms with Crippen LogP contribution >= 0.6 is 0 Å². The Bertz CT molecular complexity index is 1030. The zero-order chi connectivity index (χ0) is 19.7. The molecule has 0 saturated heterocycles. The summed E-state index contributed by atoms with van der Waals surface area (Å²) >= 11 is 0. The van der Waals surface area contributed by atoms with Crippen LogP contribution in [0.5, 0.6) is 5.88 Å². The lowest BCUT2D eigenvalue weighted by Gasteiger charge is -2.09. The smallest absolute Gasteiger partial charge is 0.277 e. The molecule has 6 nitrogen and oxygen atoms in total. The maximum Gasteiger partial charge on any atom is 0.277 e. The SMILES string of the molecule is Cn1nc(OCC2CCCC2)c2ccc(NC(=O)c3ncc(F)cc3F)cc21. The van der Waals surface area contributed by atoms with Crippen LogP contribution in [0, 0.1) is 17.6 Å². The number of carbonyl (C=O) groups is 1. The predicted octanol–water partition coefficient (Wildman–Crippen LogP) is 4.07. The van der Waals surface area contributed by atoms with Gasteiger partial charge in [0, 0.05) is 18.8 Å². The first kappa shape index (κ1) is 18.3. The fourth-order valence-corrected chi connectivity index (χ4v) is 3.55. The molecule has 0 atom stereocenters. The number of nitrogens with zero attached hydrogens (tertiary/aromatic N) is 3. The van der Waals surface area contributed by atoms with E-state index < -0.39 is 23.2 Å². The number of aryl methyl sites for hydroxylation is 1. The minimum Gasteiger partial charge on any atom is -0.476 e. The zero-order valence-corrected chi connectivity index (χ0v) is 15.4. The Morgan fingerprint density at radius 2 is 2.07 bits per heavy atom. The van der Waals surface area contributed by atoms with Crippen molar-refractivity contribution < 1.29 is 18.3 Å². The number of nitrogens with one attached hydrogen (secondary N) is 1. The summed E-state index contributed by atoms with van der Waals surface area (Å²) in [6.45, 7) is 0.653. The van der Waals surface area contributed by atoms with Crippen LogP contribution in [-0.2, 0) is 7.05 Å². The third-order valence-electron chi connectivity index (χ3n) is 5.03. The summed E-state index contributed by atoms with van der Waals surface area (Å²) in [5.41, 5.74) is 0.757. The minimum absolute atomic E-state index is 0.452. The molecule has 146 valence electrons. The molecule has 28 heavy (non-hydrogen) atoms. The number of anilines is 1. The van der Waals surface area contributed by atoms with E-state index in [4.69, 9.17) is 4.74 Å². The normalized spacial score (nSPS) is 14.5. The van der Waals surface area contributed by atoms with E-state index in [0.29, 0.717) is 30.2 Å². The first-order valence-electron chi connectivity index (χ1n) is 9.23. The average molecular weight is 386 g/mol. The molecule has 2 heterocycles. The van der Waals surface area contributed by atoms with Gasteiger partial charge in [-0.15, -0.1) is 5.10 Å². The summed E-state index contributed by atoms with van der Waals surface area (Å²) in [7, 11) is 1.79. The van der Waals surface area contributed by atoms with Crippen LogP contribution < -0.4 is 10.1 Å². The fraction of sp³-hybridized carbons (Fsp3) is 0.350. The zero-order valence-electron chi connectivity index (χ0n) is 15.4. The van der Waals surface area contributed by atoms with Gasteiger partial charge in [0.05, 0.1) is 23.7 Å². The monoisotopic (exact) mass is 386 g/mol. The van der Waals surface area contributed by atoms with Crippen molar-refractivity contribution in [2.75, 3.05) is 11.9 Å². The molecule has 8 heteroatoms. The number of benzene rings is 1. The van der Waals surface area contributed by atoms with Crippen molar-refractivity contribution in [3.05, 3.63) is 47.8 Å². The van der Waals surface area contributed by atoms with Crippen molar-refractivity contribution in [3.63, 3.8) is 0 Å². The highest BCUT2D eigenvalue weighted by Crippen LogP contribution is 2.30. The molecule has 4 rings (SSSR count). The summed E-state index contributed by atoms with van der Waals surface area (Å²) in [4.78, 5) is 15.8. The molecule has 1 aliphatic rings. The molecular formula is C20H20F2N4O2. The molecule has 0 aliphatic heterocycles. The van der Waals surface area contributed by atoms with Crippen LogP contribution in [0.1, 0.15) is 36.2 Å². The first-order chi connectivity index (χ1) is 13.5. The number of hydrogen-bond acceptors (Lipinski definition) is 4. The van der Waals surface area contributed by atoms with Gasteiger partial charge in [0.15, 0.2) is 11.5 Å². The van der Waals surface area contributed by atoms with Crippen molar-refractivity contribution in [1.29, 1.82) is 0 Å². The van der Waals surface area contributed by atoms with Gasteiger partial charge >= 0.3 is 0 Å². The van der Waals surface area contributed by atoms with Gasteiger partial charge < -0.3 is 10.1 Å². The molecule has 3 aromatic rings. The number of amides is 1. The molecule has 1 aromatic carbocycles. The number of fused-ring (bicyclic) bond motifs is 1. The number of pyridine rings is 1. The summed E-state index contributed by atoms with van der Waals surface area (Å²) in [5, 5.41) is 7.84. The Morgan fingerprint density at radius 1 is 1.29 bits per heavy atom. The van der Waals surface area contributed by atoms with Gasteiger partial charge in [0.25, 0.3) is 5.91 Å². The second-order valence-electron chi connectivity index (χ2n) is 7.06. The Kier molecular flexibility index (Phi) is 4.93. The molecule has 0 spiro atoms. The van der Waals surface area contributed by atoms with Crippen LogP contribution in [-0.4, -0.2) is 27.3 Å². The van der Waals surface area contributed by atoms with E-state index in [2.05, 4.69) is 15.4 Å². The van der Waals surface area contributed by atoms with Crippen molar-refractivity contribution in [2.24, 2.45) is 13.0 Å². The molecule has 1 fully saturated rings. The summed E-state index contributed by atoms with van der Waals surface area (Å²) in [5.74, 6) is -1.46. The van der Waals surface area contributed by atoms with E-state index in [0.717, 1.165) is 17.1 Å². The highest BCUT2D eigenvalue weighted by atomic mass is 19.1. The van der Waals surface area contributed by atoms with E-state index >= 15 is 0 Å². The molecule has 1 saturated carbocycles. The molecule has 1 N–H and O–H groups in total. The second-order valence-corrected chi connectivity index (χ2v) is 7.06. The summed E-state index contributed by atoms with van der Waals surface area (Å²) in [6.07, 6.45) is 5.69. The average Bonchev–Trinajstić information content (AvgIpc) is 3.28. The van der Waals surface area contributed by atoms with Gasteiger partial charge in [-0.1, -0.05) is 12.8 Å². The topological polar surface area (TPSA) is 69.0 Å². The van der Waals surface area contributed by atoms with Crippen LogP contribution in [0.2, 0.25) is 0 Å². The molecule has 1 aliphatic carbocycles. The Labute approximate surface area is 160 Å². The van der Waals surface area contributed by atoms with Crippen molar-refractivity contribution in [3.8, 4) is 5.88 Å². The lowest BCUT2D eigenvalue weighted by atomic mass is 10.1. The van der Waals surface area contributed by atoms with Gasteiger partial charge in [0.1, 0.15) is 5.82 Å². The number of ether oxygens (including phenoxy) is 1. The maximum atomic E-state index is 13.7. The third-order valence-corrected chi connectivity index (χ3v) is 5.03. The lowest BCUT2D eigenvalue weighted by molar-refractivity contribution is 0.101. The molecular weight excluding hydrogens is 366 g/mol. The maximum absolute atomic E-state index is 13.7. The summed E-state index contributed by atoms with van der Waals surface area (Å²) < 4.78 is 34.3.